The number of aromatic nitrogens is 4. The molecule has 0 bridgehead atoms. The van der Waals surface area contributed by atoms with Crippen LogP contribution in [0.3, 0.4) is 0 Å². The molecule has 0 aliphatic heterocycles. The second-order valence-electron chi connectivity index (χ2n) is 7.68. The van der Waals surface area contributed by atoms with Crippen molar-refractivity contribution in [2.45, 2.75) is 6.92 Å². The molecule has 0 unspecified atom stereocenters. The molecular formula is C27H21FN4. The third-order valence-corrected chi connectivity index (χ3v) is 5.59. The number of hydrogen-bond acceptors (Lipinski definition) is 2. The summed E-state index contributed by atoms with van der Waals surface area (Å²) in [5, 5.41) is 10.2. The van der Waals surface area contributed by atoms with Gasteiger partial charge in [-0.1, -0.05) is 36.9 Å². The van der Waals surface area contributed by atoms with Gasteiger partial charge in [-0.25, -0.2) is 4.39 Å². The summed E-state index contributed by atoms with van der Waals surface area (Å²) >= 11 is 0. The molecule has 0 radical (unpaired) electrons. The molecule has 5 rings (SSSR count). The molecule has 0 aliphatic carbocycles. The minimum Gasteiger partial charge on any atom is -0.353 e. The Bertz CT molecular complexity index is 1560. The Morgan fingerprint density at radius 2 is 1.84 bits per heavy atom. The smallest absolute Gasteiger partial charge is 0.123 e. The van der Waals surface area contributed by atoms with Crippen LogP contribution in [0, 0.1) is 5.82 Å². The highest BCUT2D eigenvalue weighted by Gasteiger charge is 2.11. The van der Waals surface area contributed by atoms with Crippen LogP contribution in [0.5, 0.6) is 0 Å². The Labute approximate surface area is 184 Å². The number of halogens is 1. The molecule has 3 aromatic heterocycles. The first-order valence-corrected chi connectivity index (χ1v) is 10.3. The van der Waals surface area contributed by atoms with Gasteiger partial charge in [0.1, 0.15) is 11.5 Å². The molecule has 2 aromatic carbocycles. The third-order valence-electron chi connectivity index (χ3n) is 5.59. The van der Waals surface area contributed by atoms with Gasteiger partial charge in [0.15, 0.2) is 0 Å². The lowest BCUT2D eigenvalue weighted by Gasteiger charge is -2.03. The van der Waals surface area contributed by atoms with E-state index in [-0.39, 0.29) is 5.82 Å². The van der Waals surface area contributed by atoms with Crippen LogP contribution in [-0.2, 0) is 0 Å². The maximum absolute atomic E-state index is 13.8. The number of benzene rings is 2. The first kappa shape index (κ1) is 19.7. The Morgan fingerprint density at radius 1 is 1.03 bits per heavy atom. The van der Waals surface area contributed by atoms with Crippen molar-refractivity contribution in [3.8, 4) is 22.5 Å². The third kappa shape index (κ3) is 3.65. The largest absolute Gasteiger partial charge is 0.353 e. The van der Waals surface area contributed by atoms with E-state index in [1.807, 2.05) is 54.6 Å². The van der Waals surface area contributed by atoms with Crippen LogP contribution < -0.4 is 10.6 Å². The van der Waals surface area contributed by atoms with Gasteiger partial charge in [-0.15, -0.1) is 0 Å². The summed E-state index contributed by atoms with van der Waals surface area (Å²) in [6.07, 6.45) is 7.58. The minimum atomic E-state index is -0.252. The topological polar surface area (TPSA) is 57.4 Å². The Morgan fingerprint density at radius 3 is 2.66 bits per heavy atom. The Balaban J connectivity index is 1.55. The SMILES string of the molecule is C=c1c(-c2cc3c(-c4cccc(F)c4)cccc3[nH]2)n[nH]/c1=C/C=C(\C)c1ccncc1. The fourth-order valence-electron chi connectivity index (χ4n) is 3.85. The zero-order chi connectivity index (χ0) is 22.1. The van der Waals surface area contributed by atoms with E-state index < -0.39 is 0 Å². The van der Waals surface area contributed by atoms with E-state index in [4.69, 9.17) is 0 Å². The summed E-state index contributed by atoms with van der Waals surface area (Å²) in [5.41, 5.74) is 6.61. The summed E-state index contributed by atoms with van der Waals surface area (Å²) in [7, 11) is 0. The normalized spacial score (nSPS) is 12.6. The van der Waals surface area contributed by atoms with E-state index in [1.54, 1.807) is 24.5 Å². The first-order valence-electron chi connectivity index (χ1n) is 10.3. The molecule has 3 heterocycles. The monoisotopic (exact) mass is 420 g/mol. The lowest BCUT2D eigenvalue weighted by Crippen LogP contribution is -2.21. The van der Waals surface area contributed by atoms with E-state index in [9.17, 15) is 4.39 Å². The summed E-state index contributed by atoms with van der Waals surface area (Å²) in [6, 6.07) is 18.6. The van der Waals surface area contributed by atoms with Crippen LogP contribution in [-0.4, -0.2) is 20.2 Å². The number of H-pyrrole nitrogens is 2. The summed E-state index contributed by atoms with van der Waals surface area (Å²) in [5.74, 6) is -0.252. The average Bonchev–Trinajstić information content (AvgIpc) is 3.41. The molecule has 2 N–H and O–H groups in total. The molecule has 5 heteroatoms. The zero-order valence-corrected chi connectivity index (χ0v) is 17.6. The average molecular weight is 420 g/mol. The minimum absolute atomic E-state index is 0.252. The maximum atomic E-state index is 13.8. The van der Waals surface area contributed by atoms with Crippen LogP contribution in [0.25, 0.3) is 51.6 Å². The van der Waals surface area contributed by atoms with Crippen molar-refractivity contribution in [2.24, 2.45) is 0 Å². The Kier molecular flexibility index (Phi) is 5.00. The molecule has 32 heavy (non-hydrogen) atoms. The second-order valence-corrected chi connectivity index (χ2v) is 7.68. The number of nitrogens with one attached hydrogen (secondary N) is 2. The van der Waals surface area contributed by atoms with Gasteiger partial charge in [0.25, 0.3) is 0 Å². The van der Waals surface area contributed by atoms with Crippen LogP contribution in [0.2, 0.25) is 0 Å². The molecule has 0 fully saturated rings. The first-order chi connectivity index (χ1) is 15.6. The van der Waals surface area contributed by atoms with Crippen molar-refractivity contribution in [2.75, 3.05) is 0 Å². The number of fused-ring (bicyclic) bond motifs is 1. The number of rotatable bonds is 4. The standard InChI is InChI=1S/C27H21FN4/c1-17(19-11-13-29-14-12-19)9-10-24-18(2)27(32-31-24)26-16-23-22(7-4-8-25(23)30-26)20-5-3-6-21(28)15-20/h3-16,30-31H,2H2,1H3/b17-9+,24-10+. The molecule has 156 valence electrons. The lowest BCUT2D eigenvalue weighted by molar-refractivity contribution is 0.628. The molecule has 0 amide bonds. The van der Waals surface area contributed by atoms with Gasteiger partial charge >= 0.3 is 0 Å². The van der Waals surface area contributed by atoms with Crippen LogP contribution in [0.1, 0.15) is 12.5 Å². The molecule has 0 saturated heterocycles. The second kappa shape index (κ2) is 8.12. The van der Waals surface area contributed by atoms with Crippen LogP contribution >= 0.6 is 0 Å². The predicted octanol–water partition coefficient (Wildman–Crippen LogP) is 5.05. The summed E-state index contributed by atoms with van der Waals surface area (Å²) < 4.78 is 13.8. The van der Waals surface area contributed by atoms with Crippen LogP contribution in [0.4, 0.5) is 4.39 Å². The highest BCUT2D eigenvalue weighted by Crippen LogP contribution is 2.31. The molecule has 4 nitrogen and oxygen atoms in total. The van der Waals surface area contributed by atoms with E-state index in [0.29, 0.717) is 0 Å². The fraction of sp³-hybridized carbons (Fsp3) is 0.0370. The van der Waals surface area contributed by atoms with Crippen molar-refractivity contribution in [3.63, 3.8) is 0 Å². The van der Waals surface area contributed by atoms with Crippen molar-refractivity contribution >= 4 is 29.1 Å². The summed E-state index contributed by atoms with van der Waals surface area (Å²) in [6.45, 7) is 6.29. The van der Waals surface area contributed by atoms with Crippen LogP contribution in [0.15, 0.2) is 79.1 Å². The number of nitrogens with zero attached hydrogens (tertiary/aromatic N) is 2. The van der Waals surface area contributed by atoms with E-state index in [0.717, 1.165) is 55.1 Å². The van der Waals surface area contributed by atoms with Gasteiger partial charge in [-0.2, -0.15) is 5.10 Å². The zero-order valence-electron chi connectivity index (χ0n) is 17.6. The quantitative estimate of drug-likeness (QED) is 0.427. The molecular weight excluding hydrogens is 399 g/mol. The van der Waals surface area contributed by atoms with Crippen molar-refractivity contribution in [1.82, 2.24) is 20.2 Å². The van der Waals surface area contributed by atoms with Gasteiger partial charge in [0.05, 0.1) is 11.0 Å². The maximum Gasteiger partial charge on any atom is 0.123 e. The van der Waals surface area contributed by atoms with E-state index in [2.05, 4.69) is 33.7 Å². The number of aromatic amines is 2. The van der Waals surface area contributed by atoms with Gasteiger partial charge in [-0.05, 0) is 71.7 Å². The lowest BCUT2D eigenvalue weighted by atomic mass is 10.0. The van der Waals surface area contributed by atoms with E-state index >= 15 is 0 Å². The number of hydrogen-bond donors (Lipinski definition) is 2. The van der Waals surface area contributed by atoms with Gasteiger partial charge < -0.3 is 4.98 Å². The number of allylic oxidation sites excluding steroid dienone is 2. The van der Waals surface area contributed by atoms with E-state index in [1.165, 1.54) is 6.07 Å². The van der Waals surface area contributed by atoms with Crippen molar-refractivity contribution in [3.05, 3.63) is 101 Å². The highest BCUT2D eigenvalue weighted by molar-refractivity contribution is 5.98. The van der Waals surface area contributed by atoms with Gasteiger partial charge in [0, 0.05) is 28.5 Å². The molecule has 0 atom stereocenters. The van der Waals surface area contributed by atoms with Gasteiger partial charge in [-0.3, -0.25) is 10.1 Å². The molecule has 5 aromatic rings. The number of pyridine rings is 1. The van der Waals surface area contributed by atoms with Crippen molar-refractivity contribution < 1.29 is 4.39 Å². The fourth-order valence-corrected chi connectivity index (χ4v) is 3.85. The predicted molar refractivity (Wildman–Crippen MR) is 128 cm³/mol. The van der Waals surface area contributed by atoms with Crippen molar-refractivity contribution in [1.29, 1.82) is 0 Å². The molecule has 0 aliphatic rings. The Hall–Kier alpha value is -4.25. The molecule has 0 spiro atoms. The van der Waals surface area contributed by atoms with Gasteiger partial charge in [0.2, 0.25) is 0 Å². The molecule has 0 saturated carbocycles. The summed E-state index contributed by atoms with van der Waals surface area (Å²) in [4.78, 5) is 7.49. The highest BCUT2D eigenvalue weighted by atomic mass is 19.1.